The van der Waals surface area contributed by atoms with Gasteiger partial charge in [0.2, 0.25) is 0 Å². The van der Waals surface area contributed by atoms with Crippen LogP contribution in [0.1, 0.15) is 6.42 Å². The fraction of sp³-hybridized carbons (Fsp3) is 1.00. The molecule has 1 heterocycles. The number of rotatable bonds is 2. The van der Waals surface area contributed by atoms with Gasteiger partial charge in [0.1, 0.15) is 8.96 Å². The van der Waals surface area contributed by atoms with E-state index in [-0.39, 0.29) is 0 Å². The summed E-state index contributed by atoms with van der Waals surface area (Å²) in [6.07, 6.45) is 2.39. The average molecular weight is 131 g/mol. The van der Waals surface area contributed by atoms with Gasteiger partial charge in [0.25, 0.3) is 0 Å². The Labute approximate surface area is 51.9 Å². The smallest absolute Gasteiger partial charge is 0.136 e. The molecule has 1 rings (SSSR count). The van der Waals surface area contributed by atoms with Crippen LogP contribution in [0.25, 0.3) is 0 Å². The van der Waals surface area contributed by atoms with Gasteiger partial charge in [0, 0.05) is 7.11 Å². The van der Waals surface area contributed by atoms with Crippen LogP contribution in [0.5, 0.6) is 0 Å². The van der Waals surface area contributed by atoms with Crippen LogP contribution in [-0.2, 0) is 4.74 Å². The topological polar surface area (TPSA) is 21.3 Å². The maximum atomic E-state index is 5.02. The minimum absolute atomic E-state index is 0.553. The van der Waals surface area contributed by atoms with Crippen molar-refractivity contribution in [3.05, 3.63) is 0 Å². The summed E-state index contributed by atoms with van der Waals surface area (Å²) >= 11 is 0. The van der Waals surface area contributed by atoms with Crippen LogP contribution in [-0.4, -0.2) is 28.8 Å². The maximum absolute atomic E-state index is 5.02. The standard InChI is InChI=1S/C5H13NOSi/c1-7-5-8-4-2-3-6-8/h6,8H,2-5H2,1H3. The number of hydrogen-bond donors (Lipinski definition) is 1. The zero-order valence-electron chi connectivity index (χ0n) is 5.31. The molecule has 1 aliphatic heterocycles. The van der Waals surface area contributed by atoms with E-state index in [2.05, 4.69) is 4.98 Å². The predicted molar refractivity (Wildman–Crippen MR) is 36.5 cm³/mol. The van der Waals surface area contributed by atoms with E-state index < -0.39 is 8.96 Å². The van der Waals surface area contributed by atoms with E-state index in [0.717, 1.165) is 6.23 Å². The van der Waals surface area contributed by atoms with Crippen LogP contribution in [0, 0.1) is 0 Å². The average Bonchev–Trinajstić information content (AvgIpc) is 2.19. The van der Waals surface area contributed by atoms with Gasteiger partial charge in [-0.25, -0.2) is 0 Å². The summed E-state index contributed by atoms with van der Waals surface area (Å²) in [6.45, 7) is 1.24. The molecular weight excluding hydrogens is 118 g/mol. The summed E-state index contributed by atoms with van der Waals surface area (Å²) in [5.74, 6) is 0. The molecule has 0 amide bonds. The van der Waals surface area contributed by atoms with Gasteiger partial charge in [-0.1, -0.05) is 0 Å². The highest BCUT2D eigenvalue weighted by molar-refractivity contribution is 6.56. The third-order valence-corrected chi connectivity index (χ3v) is 4.24. The first-order chi connectivity index (χ1) is 3.93. The molecule has 1 N–H and O–H groups in total. The second-order valence-corrected chi connectivity index (χ2v) is 4.96. The van der Waals surface area contributed by atoms with Crippen LogP contribution in [0.15, 0.2) is 0 Å². The lowest BCUT2D eigenvalue weighted by Crippen LogP contribution is -2.31. The molecule has 0 radical (unpaired) electrons. The van der Waals surface area contributed by atoms with Gasteiger partial charge in [-0.15, -0.1) is 0 Å². The summed E-state index contributed by atoms with van der Waals surface area (Å²) in [5.41, 5.74) is 0. The van der Waals surface area contributed by atoms with E-state index in [0.29, 0.717) is 0 Å². The Hall–Kier alpha value is 0.137. The number of methoxy groups -OCH3 is 1. The highest BCUT2D eigenvalue weighted by atomic mass is 28.3. The fourth-order valence-corrected chi connectivity index (χ4v) is 3.30. The van der Waals surface area contributed by atoms with Crippen molar-refractivity contribution in [1.82, 2.24) is 4.98 Å². The molecule has 2 nitrogen and oxygen atoms in total. The van der Waals surface area contributed by atoms with Crippen LogP contribution in [0.3, 0.4) is 0 Å². The van der Waals surface area contributed by atoms with Gasteiger partial charge in [-0.3, -0.25) is 0 Å². The SMILES string of the molecule is COC[SiH]1CCCN1. The first-order valence-corrected chi connectivity index (χ1v) is 5.37. The van der Waals surface area contributed by atoms with Crippen molar-refractivity contribution >= 4 is 8.96 Å². The van der Waals surface area contributed by atoms with Gasteiger partial charge >= 0.3 is 0 Å². The zero-order valence-corrected chi connectivity index (χ0v) is 6.47. The normalized spacial score (nSPS) is 28.9. The van der Waals surface area contributed by atoms with Crippen molar-refractivity contribution in [2.45, 2.75) is 12.5 Å². The Morgan fingerprint density at radius 3 is 3.12 bits per heavy atom. The second-order valence-electron chi connectivity index (χ2n) is 2.25. The maximum Gasteiger partial charge on any atom is 0.136 e. The van der Waals surface area contributed by atoms with Crippen molar-refractivity contribution in [3.63, 3.8) is 0 Å². The Kier molecular flexibility index (Phi) is 2.52. The lowest BCUT2D eigenvalue weighted by molar-refractivity contribution is 0.248. The number of hydrogen-bond acceptors (Lipinski definition) is 2. The fourth-order valence-electron chi connectivity index (χ4n) is 1.10. The quantitative estimate of drug-likeness (QED) is 0.528. The van der Waals surface area contributed by atoms with E-state index in [4.69, 9.17) is 4.74 Å². The molecule has 1 aliphatic rings. The molecule has 0 bridgehead atoms. The predicted octanol–water partition coefficient (Wildman–Crippen LogP) is -0.111. The highest BCUT2D eigenvalue weighted by Crippen LogP contribution is 2.01. The summed E-state index contributed by atoms with van der Waals surface area (Å²) in [4.78, 5) is 3.47. The van der Waals surface area contributed by atoms with Crippen LogP contribution in [0.4, 0.5) is 0 Å². The van der Waals surface area contributed by atoms with E-state index in [1.165, 1.54) is 19.0 Å². The summed E-state index contributed by atoms with van der Waals surface area (Å²) in [6, 6.07) is 1.42. The van der Waals surface area contributed by atoms with Crippen LogP contribution < -0.4 is 4.98 Å². The molecule has 8 heavy (non-hydrogen) atoms. The number of ether oxygens (including phenoxy) is 1. The highest BCUT2D eigenvalue weighted by Gasteiger charge is 2.14. The summed E-state index contributed by atoms with van der Waals surface area (Å²) < 4.78 is 5.02. The van der Waals surface area contributed by atoms with Gasteiger partial charge in [-0.05, 0) is 19.0 Å². The minimum atomic E-state index is -0.553. The Balaban J connectivity index is 2.06. The Morgan fingerprint density at radius 1 is 1.75 bits per heavy atom. The molecule has 1 unspecified atom stereocenters. The van der Waals surface area contributed by atoms with E-state index in [1.54, 1.807) is 7.11 Å². The largest absolute Gasteiger partial charge is 0.387 e. The monoisotopic (exact) mass is 131 g/mol. The third-order valence-electron chi connectivity index (χ3n) is 1.53. The summed E-state index contributed by atoms with van der Waals surface area (Å²) in [5, 5.41) is 0. The Morgan fingerprint density at radius 2 is 2.62 bits per heavy atom. The van der Waals surface area contributed by atoms with Crippen LogP contribution >= 0.6 is 0 Å². The molecule has 3 heteroatoms. The van der Waals surface area contributed by atoms with Crippen molar-refractivity contribution in [1.29, 1.82) is 0 Å². The molecule has 0 aromatic rings. The first-order valence-electron chi connectivity index (χ1n) is 3.16. The van der Waals surface area contributed by atoms with E-state index >= 15 is 0 Å². The van der Waals surface area contributed by atoms with E-state index in [9.17, 15) is 0 Å². The van der Waals surface area contributed by atoms with Gasteiger partial charge in [-0.2, -0.15) is 0 Å². The molecule has 0 saturated carbocycles. The molecule has 1 atom stereocenters. The zero-order chi connectivity index (χ0) is 5.82. The Bertz CT molecular complexity index is 63.4. The van der Waals surface area contributed by atoms with Gasteiger partial charge < -0.3 is 9.72 Å². The van der Waals surface area contributed by atoms with Crippen molar-refractivity contribution in [2.24, 2.45) is 0 Å². The molecular formula is C5H13NOSi. The molecule has 1 saturated heterocycles. The third kappa shape index (κ3) is 1.58. The van der Waals surface area contributed by atoms with Gasteiger partial charge in [0.05, 0.1) is 6.23 Å². The van der Waals surface area contributed by atoms with Crippen molar-refractivity contribution in [3.8, 4) is 0 Å². The van der Waals surface area contributed by atoms with Gasteiger partial charge in [0.15, 0.2) is 0 Å². The molecule has 0 aromatic carbocycles. The molecule has 0 aromatic heterocycles. The van der Waals surface area contributed by atoms with Crippen LogP contribution in [0.2, 0.25) is 6.04 Å². The molecule has 0 spiro atoms. The first kappa shape index (κ1) is 6.26. The summed E-state index contributed by atoms with van der Waals surface area (Å²) in [7, 11) is 1.23. The molecule has 48 valence electrons. The molecule has 0 aliphatic carbocycles. The van der Waals surface area contributed by atoms with E-state index in [1.807, 2.05) is 0 Å². The minimum Gasteiger partial charge on any atom is -0.387 e. The second kappa shape index (κ2) is 3.22. The lowest BCUT2D eigenvalue weighted by atomic mass is 10.5. The lowest BCUT2D eigenvalue weighted by Gasteiger charge is -2.03. The number of nitrogens with one attached hydrogen (secondary N) is 1. The van der Waals surface area contributed by atoms with Crippen molar-refractivity contribution < 1.29 is 4.74 Å². The molecule has 1 fully saturated rings. The van der Waals surface area contributed by atoms with Crippen molar-refractivity contribution in [2.75, 3.05) is 19.9 Å².